The van der Waals surface area contributed by atoms with E-state index in [1.54, 1.807) is 0 Å². The van der Waals surface area contributed by atoms with Gasteiger partial charge >= 0.3 is 0 Å². The number of nitrogens with two attached hydrogens (primary N) is 3. The van der Waals surface area contributed by atoms with Crippen molar-refractivity contribution in [2.45, 2.75) is 249 Å². The highest BCUT2D eigenvalue weighted by atomic mass is 16.6. The Hall–Kier alpha value is -1.35. The fourth-order valence-corrected chi connectivity index (χ4v) is 7.73. The van der Waals surface area contributed by atoms with E-state index in [4.69, 9.17) is 45.6 Å². The Bertz CT molecular complexity index is 1460. The molecule has 0 amide bonds. The van der Waals surface area contributed by atoms with Gasteiger partial charge in [0, 0.05) is 32.3 Å². The van der Waals surface area contributed by atoms with Gasteiger partial charge in [-0.1, -0.05) is 55.4 Å². The molecular formula is C52H103N3O9. The highest BCUT2D eigenvalue weighted by Crippen LogP contribution is 2.37. The van der Waals surface area contributed by atoms with Crippen molar-refractivity contribution >= 4 is 17.3 Å². The Morgan fingerprint density at radius 2 is 0.734 bits per heavy atom. The molecule has 0 aliphatic carbocycles. The van der Waals surface area contributed by atoms with Crippen LogP contribution in [0.1, 0.15) is 204 Å². The first kappa shape index (κ1) is 62.6. The maximum Gasteiger partial charge on any atom is 0.164 e. The molecule has 0 fully saturated rings. The summed E-state index contributed by atoms with van der Waals surface area (Å²) in [7, 11) is 0. The first-order valence-corrected chi connectivity index (χ1v) is 24.0. The van der Waals surface area contributed by atoms with Crippen LogP contribution in [0.3, 0.4) is 0 Å². The molecule has 0 rings (SSSR count). The van der Waals surface area contributed by atoms with E-state index in [9.17, 15) is 14.4 Å². The fraction of sp³-hybridized carbons (Fsp3) is 0.942. The fourth-order valence-electron chi connectivity index (χ4n) is 7.73. The van der Waals surface area contributed by atoms with Crippen molar-refractivity contribution < 1.29 is 42.8 Å². The number of rotatable bonds is 35. The van der Waals surface area contributed by atoms with E-state index >= 15 is 0 Å². The van der Waals surface area contributed by atoms with Crippen molar-refractivity contribution in [1.29, 1.82) is 0 Å². The van der Waals surface area contributed by atoms with Crippen molar-refractivity contribution in [2.24, 2.45) is 38.9 Å². The molecule has 1 atom stereocenters. The van der Waals surface area contributed by atoms with E-state index in [-0.39, 0.29) is 45.1 Å². The SMILES string of the molecule is CC(C)(CN)CC(=O)C(C)(C)OCCC(C)(C)CC(C)(C)OCC(CC(C)(C)OC(C)(C)CCOC(C)(C)C(=O)CC(C)(C)CN)OC(C)(C)CCOC(C)(C)C(=O)CC(C)(C)CN. The van der Waals surface area contributed by atoms with Crippen LogP contribution < -0.4 is 17.2 Å². The molecule has 0 spiro atoms. The van der Waals surface area contributed by atoms with Gasteiger partial charge in [0.2, 0.25) is 0 Å². The second-order valence-corrected chi connectivity index (χ2v) is 26.0. The number of Topliss-reactive ketones (excluding diaryl/α,β-unsaturated/α-hetero) is 3. The van der Waals surface area contributed by atoms with Crippen LogP contribution in [0.5, 0.6) is 0 Å². The quantitative estimate of drug-likeness (QED) is 0.0548. The molecule has 0 aromatic carbocycles. The van der Waals surface area contributed by atoms with Gasteiger partial charge in [-0.25, -0.2) is 0 Å². The van der Waals surface area contributed by atoms with Crippen molar-refractivity contribution in [3.05, 3.63) is 0 Å². The van der Waals surface area contributed by atoms with Crippen LogP contribution in [0.2, 0.25) is 0 Å². The van der Waals surface area contributed by atoms with E-state index in [0.717, 1.165) is 12.8 Å². The summed E-state index contributed by atoms with van der Waals surface area (Å²) in [5, 5.41) is 0. The van der Waals surface area contributed by atoms with Crippen LogP contribution in [0.4, 0.5) is 0 Å². The topological polar surface area (TPSA) is 185 Å². The number of hydrogen-bond donors (Lipinski definition) is 3. The standard InChI is InChI=1S/C52H103N3O9/c1-42(2,23-26-59-50(17,18)39(56)30-43(3,4)35-53)34-49(15,16)62-33-38(63-46(9,10)24-27-60-51(19,20)40(57)31-44(5,6)36-54)29-48(13,14)64-47(11,12)25-28-61-52(21,22)41(58)32-45(7,8)37-55/h38H,23-37,53-55H2,1-22H3. The van der Waals surface area contributed by atoms with Crippen LogP contribution >= 0.6 is 0 Å². The minimum absolute atomic E-state index is 0.0195. The van der Waals surface area contributed by atoms with E-state index in [1.165, 1.54) is 0 Å². The highest BCUT2D eigenvalue weighted by molar-refractivity contribution is 5.88. The van der Waals surface area contributed by atoms with Gasteiger partial charge < -0.3 is 45.6 Å². The molecule has 12 nitrogen and oxygen atoms in total. The van der Waals surface area contributed by atoms with Gasteiger partial charge in [-0.05, 0) is 164 Å². The Kier molecular flexibility index (Phi) is 23.3. The summed E-state index contributed by atoms with van der Waals surface area (Å²) in [5.41, 5.74) is 11.5. The predicted molar refractivity (Wildman–Crippen MR) is 263 cm³/mol. The molecule has 0 aromatic rings. The largest absolute Gasteiger partial charge is 0.373 e. The minimum atomic E-state index is -0.964. The molecule has 0 aromatic heterocycles. The van der Waals surface area contributed by atoms with Gasteiger partial charge in [0.05, 0.1) is 48.3 Å². The third-order valence-corrected chi connectivity index (χ3v) is 12.5. The summed E-state index contributed by atoms with van der Waals surface area (Å²) in [5.74, 6) is 0.0982. The zero-order valence-electron chi connectivity index (χ0n) is 45.6. The normalized spacial score (nSPS) is 15.1. The van der Waals surface area contributed by atoms with Gasteiger partial charge in [-0.2, -0.15) is 0 Å². The van der Waals surface area contributed by atoms with E-state index in [0.29, 0.717) is 84.6 Å². The average Bonchev–Trinajstić information content (AvgIpc) is 3.08. The van der Waals surface area contributed by atoms with Gasteiger partial charge in [-0.3, -0.25) is 14.4 Å². The van der Waals surface area contributed by atoms with E-state index in [1.807, 2.05) is 111 Å². The molecule has 6 N–H and O–H groups in total. The van der Waals surface area contributed by atoms with Crippen LogP contribution in [-0.2, 0) is 42.8 Å². The molecule has 0 heterocycles. The van der Waals surface area contributed by atoms with Crippen LogP contribution in [0.25, 0.3) is 0 Å². The maximum absolute atomic E-state index is 13.2. The smallest absolute Gasteiger partial charge is 0.164 e. The molecule has 0 saturated carbocycles. The van der Waals surface area contributed by atoms with Crippen molar-refractivity contribution in [2.75, 3.05) is 46.1 Å². The van der Waals surface area contributed by atoms with E-state index in [2.05, 4.69) is 41.5 Å². The highest BCUT2D eigenvalue weighted by Gasteiger charge is 2.40. The lowest BCUT2D eigenvalue weighted by molar-refractivity contribution is -0.189. The van der Waals surface area contributed by atoms with Crippen molar-refractivity contribution in [3.8, 4) is 0 Å². The third kappa shape index (κ3) is 25.1. The Morgan fingerprint density at radius 3 is 1.08 bits per heavy atom. The Balaban J connectivity index is 6.09. The van der Waals surface area contributed by atoms with Crippen LogP contribution in [-0.4, -0.2) is 109 Å². The summed E-state index contributed by atoms with van der Waals surface area (Å²) in [6, 6.07) is 0. The molecule has 380 valence electrons. The zero-order chi connectivity index (χ0) is 50.7. The summed E-state index contributed by atoms with van der Waals surface area (Å²) in [6.07, 6.45) is 3.79. The predicted octanol–water partition coefficient (Wildman–Crippen LogP) is 9.71. The lowest BCUT2D eigenvalue weighted by atomic mass is 9.79. The third-order valence-electron chi connectivity index (χ3n) is 12.5. The molecule has 12 heteroatoms. The summed E-state index contributed by atoms with van der Waals surface area (Å²) in [4.78, 5) is 39.5. The van der Waals surface area contributed by atoms with E-state index < -0.39 is 39.2 Å². The number of hydrogen-bond acceptors (Lipinski definition) is 12. The molecule has 0 radical (unpaired) electrons. The second-order valence-electron chi connectivity index (χ2n) is 26.0. The number of ketones is 3. The Morgan fingerprint density at radius 1 is 0.406 bits per heavy atom. The number of ether oxygens (including phenoxy) is 6. The molecule has 0 aliphatic heterocycles. The molecular weight excluding hydrogens is 811 g/mol. The molecule has 0 bridgehead atoms. The van der Waals surface area contributed by atoms with Crippen LogP contribution in [0, 0.1) is 21.7 Å². The minimum Gasteiger partial charge on any atom is -0.373 e. The second kappa shape index (κ2) is 23.8. The molecule has 1 unspecified atom stereocenters. The summed E-state index contributed by atoms with van der Waals surface area (Å²) in [6.45, 7) is 46.5. The molecule has 0 aliphatic rings. The zero-order valence-corrected chi connectivity index (χ0v) is 45.6. The summed E-state index contributed by atoms with van der Waals surface area (Å²) < 4.78 is 39.2. The van der Waals surface area contributed by atoms with Crippen molar-refractivity contribution in [3.63, 3.8) is 0 Å². The lowest BCUT2D eigenvalue weighted by Gasteiger charge is -2.42. The monoisotopic (exact) mass is 914 g/mol. The molecule has 64 heavy (non-hydrogen) atoms. The van der Waals surface area contributed by atoms with Crippen molar-refractivity contribution in [1.82, 2.24) is 0 Å². The first-order chi connectivity index (χ1) is 28.4. The van der Waals surface area contributed by atoms with Crippen LogP contribution in [0.15, 0.2) is 0 Å². The lowest BCUT2D eigenvalue weighted by Crippen LogP contribution is -2.46. The Labute approximate surface area is 393 Å². The molecule has 0 saturated heterocycles. The first-order valence-electron chi connectivity index (χ1n) is 24.0. The summed E-state index contributed by atoms with van der Waals surface area (Å²) >= 11 is 0. The van der Waals surface area contributed by atoms with Gasteiger partial charge in [0.15, 0.2) is 17.3 Å². The maximum atomic E-state index is 13.2. The number of carbonyl (C=O) groups excluding carboxylic acids is 3. The average molecular weight is 914 g/mol. The number of carbonyl (C=O) groups is 3. The van der Waals surface area contributed by atoms with Gasteiger partial charge in [0.25, 0.3) is 0 Å². The van der Waals surface area contributed by atoms with Gasteiger partial charge in [0.1, 0.15) is 16.8 Å². The van der Waals surface area contributed by atoms with Gasteiger partial charge in [-0.15, -0.1) is 0 Å².